The highest BCUT2D eigenvalue weighted by Gasteiger charge is 2.39. The third-order valence-corrected chi connectivity index (χ3v) is 7.48. The van der Waals surface area contributed by atoms with Crippen LogP contribution in [0.4, 0.5) is 0 Å². The molecule has 44 heavy (non-hydrogen) atoms. The summed E-state index contributed by atoms with van der Waals surface area (Å²) in [4.78, 5) is 66.6. The molecular formula is C32H43N5O7. The number of phenols is 1. The highest BCUT2D eigenvalue weighted by molar-refractivity contribution is 5.95. The van der Waals surface area contributed by atoms with E-state index in [9.17, 15) is 34.2 Å². The van der Waals surface area contributed by atoms with Crippen LogP contribution in [0.5, 0.6) is 5.75 Å². The molecule has 0 bridgehead atoms. The molecule has 2 aromatic carbocycles. The Morgan fingerprint density at radius 1 is 0.841 bits per heavy atom. The van der Waals surface area contributed by atoms with Gasteiger partial charge < -0.3 is 36.8 Å². The fraction of sp³-hybridized carbons (Fsp3) is 0.469. The van der Waals surface area contributed by atoms with Gasteiger partial charge in [0.15, 0.2) is 0 Å². The van der Waals surface area contributed by atoms with Crippen molar-refractivity contribution in [3.05, 3.63) is 65.7 Å². The maximum absolute atomic E-state index is 13.7. The number of nitrogens with zero attached hydrogens (tertiary/aromatic N) is 1. The summed E-state index contributed by atoms with van der Waals surface area (Å²) in [6.07, 6.45) is 1.33. The second kappa shape index (κ2) is 15.9. The maximum Gasteiger partial charge on any atom is 0.326 e. The molecule has 1 saturated heterocycles. The summed E-state index contributed by atoms with van der Waals surface area (Å²) in [5.74, 6) is -3.24. The predicted octanol–water partition coefficient (Wildman–Crippen LogP) is 1.10. The van der Waals surface area contributed by atoms with Crippen LogP contribution in [-0.4, -0.2) is 81.5 Å². The number of hydrogen-bond acceptors (Lipinski definition) is 7. The number of amides is 4. The van der Waals surface area contributed by atoms with Gasteiger partial charge >= 0.3 is 5.97 Å². The second-order valence-electron chi connectivity index (χ2n) is 11.7. The van der Waals surface area contributed by atoms with Gasteiger partial charge in [-0.25, -0.2) is 4.79 Å². The largest absolute Gasteiger partial charge is 0.508 e. The summed E-state index contributed by atoms with van der Waals surface area (Å²) < 4.78 is 0. The quantitative estimate of drug-likeness (QED) is 0.183. The zero-order chi connectivity index (χ0) is 32.4. The summed E-state index contributed by atoms with van der Waals surface area (Å²) in [5, 5.41) is 27.4. The van der Waals surface area contributed by atoms with Crippen molar-refractivity contribution in [2.24, 2.45) is 11.7 Å². The minimum absolute atomic E-state index is 0.0292. The van der Waals surface area contributed by atoms with Gasteiger partial charge in [0, 0.05) is 19.4 Å². The van der Waals surface area contributed by atoms with E-state index < -0.39 is 59.8 Å². The normalized spacial score (nSPS) is 17.3. The van der Waals surface area contributed by atoms with E-state index in [0.717, 1.165) is 5.56 Å². The summed E-state index contributed by atoms with van der Waals surface area (Å²) >= 11 is 0. The first kappa shape index (κ1) is 34.0. The van der Waals surface area contributed by atoms with E-state index in [-0.39, 0.29) is 24.5 Å². The SMILES string of the molecule is CC(C)C[C@@H](NC(=O)[C@H](C)N)C(=O)N1CCC[C@H]1C(=O)N[C@@H](Cc1ccccc1)C(=O)N[C@@H](Cc1ccc(O)cc1)C(=O)O. The van der Waals surface area contributed by atoms with E-state index in [1.807, 2.05) is 19.9 Å². The average molecular weight is 610 g/mol. The maximum atomic E-state index is 13.7. The Kier molecular flexibility index (Phi) is 12.3. The topological polar surface area (TPSA) is 191 Å². The number of phenolic OH excluding ortho intramolecular Hbond substituents is 1. The highest BCUT2D eigenvalue weighted by Crippen LogP contribution is 2.21. The molecule has 1 fully saturated rings. The number of aromatic hydroxyl groups is 1. The summed E-state index contributed by atoms with van der Waals surface area (Å²) in [7, 11) is 0. The Hall–Kier alpha value is -4.45. The number of nitrogens with two attached hydrogens (primary N) is 1. The number of carbonyl (C=O) groups is 5. The van der Waals surface area contributed by atoms with Crippen molar-refractivity contribution in [2.75, 3.05) is 6.54 Å². The smallest absolute Gasteiger partial charge is 0.326 e. The molecule has 3 rings (SSSR count). The molecule has 12 nitrogen and oxygen atoms in total. The van der Waals surface area contributed by atoms with Crippen molar-refractivity contribution in [3.8, 4) is 5.75 Å². The van der Waals surface area contributed by atoms with Gasteiger partial charge in [-0.05, 0) is 55.4 Å². The molecule has 1 aliphatic heterocycles. The first-order valence-corrected chi connectivity index (χ1v) is 14.9. The van der Waals surface area contributed by atoms with Gasteiger partial charge in [-0.3, -0.25) is 19.2 Å². The van der Waals surface area contributed by atoms with Gasteiger partial charge in [0.25, 0.3) is 0 Å². The number of nitrogens with one attached hydrogen (secondary N) is 3. The van der Waals surface area contributed by atoms with Gasteiger partial charge in [0.2, 0.25) is 23.6 Å². The van der Waals surface area contributed by atoms with E-state index in [0.29, 0.717) is 31.4 Å². The lowest BCUT2D eigenvalue weighted by Gasteiger charge is -2.31. The number of hydrogen-bond donors (Lipinski definition) is 6. The minimum atomic E-state index is -1.29. The lowest BCUT2D eigenvalue weighted by atomic mass is 10.0. The summed E-state index contributed by atoms with van der Waals surface area (Å²) in [6, 6.07) is 10.00. The predicted molar refractivity (Wildman–Crippen MR) is 163 cm³/mol. The van der Waals surface area contributed by atoms with Gasteiger partial charge in [0.05, 0.1) is 6.04 Å². The molecule has 1 heterocycles. The number of benzene rings is 2. The molecular weight excluding hydrogens is 566 g/mol. The van der Waals surface area contributed by atoms with Crippen LogP contribution >= 0.6 is 0 Å². The van der Waals surface area contributed by atoms with Crippen LogP contribution in [0.2, 0.25) is 0 Å². The van der Waals surface area contributed by atoms with Crippen molar-refractivity contribution >= 4 is 29.6 Å². The third-order valence-electron chi connectivity index (χ3n) is 7.48. The number of rotatable bonds is 14. The molecule has 5 atom stereocenters. The fourth-order valence-corrected chi connectivity index (χ4v) is 5.17. The van der Waals surface area contributed by atoms with Crippen LogP contribution in [0, 0.1) is 5.92 Å². The van der Waals surface area contributed by atoms with E-state index in [4.69, 9.17) is 5.73 Å². The molecule has 0 aliphatic carbocycles. The number of carboxylic acid groups (broad SMARTS) is 1. The number of likely N-dealkylation sites (tertiary alicyclic amines) is 1. The molecule has 0 unspecified atom stereocenters. The van der Waals surface area contributed by atoms with Crippen molar-refractivity contribution in [1.82, 2.24) is 20.9 Å². The van der Waals surface area contributed by atoms with Crippen LogP contribution in [0.3, 0.4) is 0 Å². The molecule has 12 heteroatoms. The monoisotopic (exact) mass is 609 g/mol. The number of carbonyl (C=O) groups excluding carboxylic acids is 4. The van der Waals surface area contributed by atoms with E-state index in [1.54, 1.807) is 36.4 Å². The van der Waals surface area contributed by atoms with Crippen molar-refractivity contribution in [1.29, 1.82) is 0 Å². The Balaban J connectivity index is 1.79. The average Bonchev–Trinajstić information content (AvgIpc) is 3.47. The zero-order valence-electron chi connectivity index (χ0n) is 25.4. The van der Waals surface area contributed by atoms with Crippen molar-refractivity contribution in [2.45, 2.75) is 83.1 Å². The summed E-state index contributed by atoms with van der Waals surface area (Å²) in [6.45, 7) is 5.68. The second-order valence-corrected chi connectivity index (χ2v) is 11.7. The Morgan fingerprint density at radius 2 is 1.43 bits per heavy atom. The van der Waals surface area contributed by atoms with Crippen LogP contribution in [0.25, 0.3) is 0 Å². The van der Waals surface area contributed by atoms with Crippen LogP contribution in [0.15, 0.2) is 54.6 Å². The van der Waals surface area contributed by atoms with Gasteiger partial charge in [0.1, 0.15) is 29.9 Å². The first-order valence-electron chi connectivity index (χ1n) is 14.9. The lowest BCUT2D eigenvalue weighted by molar-refractivity contribution is -0.143. The molecule has 0 aromatic heterocycles. The third kappa shape index (κ3) is 9.80. The molecule has 238 valence electrons. The molecule has 1 aliphatic rings. The Labute approximate surface area is 257 Å². The molecule has 2 aromatic rings. The minimum Gasteiger partial charge on any atom is -0.508 e. The highest BCUT2D eigenvalue weighted by atomic mass is 16.4. The number of aliphatic carboxylic acids is 1. The van der Waals surface area contributed by atoms with E-state index in [1.165, 1.54) is 24.0 Å². The summed E-state index contributed by atoms with van der Waals surface area (Å²) in [5.41, 5.74) is 7.04. The Bertz CT molecular complexity index is 1300. The molecule has 7 N–H and O–H groups in total. The van der Waals surface area contributed by atoms with Crippen molar-refractivity contribution < 1.29 is 34.2 Å². The van der Waals surface area contributed by atoms with Gasteiger partial charge in [-0.15, -0.1) is 0 Å². The standard InChI is InChI=1S/C32H43N5O7/c1-19(2)16-25(35-28(39)20(3)33)31(42)37-15-7-10-27(37)30(41)34-24(17-21-8-5-4-6-9-21)29(40)36-26(32(43)44)18-22-11-13-23(38)14-12-22/h4-6,8-9,11-14,19-20,24-27,38H,7,10,15-18,33H2,1-3H3,(H,34,41)(H,35,39)(H,36,40)(H,43,44)/t20-,24-,25+,26-,27-/m0/s1. The van der Waals surface area contributed by atoms with Crippen LogP contribution in [-0.2, 0) is 36.8 Å². The Morgan fingerprint density at radius 3 is 2.02 bits per heavy atom. The van der Waals surface area contributed by atoms with E-state index in [2.05, 4.69) is 16.0 Å². The van der Waals surface area contributed by atoms with Gasteiger partial charge in [-0.1, -0.05) is 56.3 Å². The fourth-order valence-electron chi connectivity index (χ4n) is 5.17. The molecule has 0 radical (unpaired) electrons. The first-order chi connectivity index (χ1) is 20.8. The van der Waals surface area contributed by atoms with Crippen LogP contribution < -0.4 is 21.7 Å². The van der Waals surface area contributed by atoms with Crippen LogP contribution in [0.1, 0.15) is 51.2 Å². The molecule has 4 amide bonds. The zero-order valence-corrected chi connectivity index (χ0v) is 25.4. The molecule has 0 saturated carbocycles. The lowest BCUT2D eigenvalue weighted by Crippen LogP contribution is -2.58. The molecule has 0 spiro atoms. The number of carboxylic acids is 1. The van der Waals surface area contributed by atoms with Gasteiger partial charge in [-0.2, -0.15) is 0 Å². The van der Waals surface area contributed by atoms with Crippen molar-refractivity contribution in [3.63, 3.8) is 0 Å². The van der Waals surface area contributed by atoms with E-state index >= 15 is 0 Å².